The summed E-state index contributed by atoms with van der Waals surface area (Å²) in [4.78, 5) is 27.0. The maximum absolute atomic E-state index is 13.8. The van der Waals surface area contributed by atoms with Crippen LogP contribution in [-0.4, -0.2) is 18.9 Å². The van der Waals surface area contributed by atoms with Crippen LogP contribution in [0.3, 0.4) is 0 Å². The van der Waals surface area contributed by atoms with E-state index in [4.69, 9.17) is 9.47 Å². The Hall–Kier alpha value is -3.40. The summed E-state index contributed by atoms with van der Waals surface area (Å²) in [6, 6.07) is 24.0. The van der Waals surface area contributed by atoms with E-state index in [1.807, 2.05) is 54.6 Å². The molecule has 1 aliphatic heterocycles. The number of ether oxygens (including phenoxy) is 2. The molecule has 160 valence electrons. The predicted molar refractivity (Wildman–Crippen MR) is 126 cm³/mol. The maximum Gasteiger partial charge on any atom is 0.324 e. The lowest BCUT2D eigenvalue weighted by atomic mass is 9.69. The van der Waals surface area contributed by atoms with Gasteiger partial charge >= 0.3 is 5.97 Å². The zero-order chi connectivity index (χ0) is 22.6. The smallest absolute Gasteiger partial charge is 0.324 e. The maximum atomic E-state index is 13.8. The van der Waals surface area contributed by atoms with E-state index in [1.165, 1.54) is 7.11 Å². The number of esters is 1. The molecule has 4 rings (SSSR count). The molecule has 0 saturated carbocycles. The Morgan fingerprint density at radius 3 is 2.59 bits per heavy atom. The van der Waals surface area contributed by atoms with Crippen molar-refractivity contribution in [2.45, 2.75) is 12.5 Å². The van der Waals surface area contributed by atoms with E-state index >= 15 is 0 Å². The molecule has 0 fully saturated rings. The van der Waals surface area contributed by atoms with Gasteiger partial charge in [0.1, 0.15) is 11.9 Å². The zero-order valence-corrected chi connectivity index (χ0v) is 19.0. The summed E-state index contributed by atoms with van der Waals surface area (Å²) in [5, 5.41) is 0. The van der Waals surface area contributed by atoms with Gasteiger partial charge in [-0.1, -0.05) is 70.5 Å². The molecule has 32 heavy (non-hydrogen) atoms. The number of hydrogen-bond acceptors (Lipinski definition) is 4. The molecule has 5 heteroatoms. The third-order valence-electron chi connectivity index (χ3n) is 5.52. The van der Waals surface area contributed by atoms with Gasteiger partial charge in [0.15, 0.2) is 11.2 Å². The van der Waals surface area contributed by atoms with Gasteiger partial charge in [0.25, 0.3) is 0 Å². The Kier molecular flexibility index (Phi) is 6.40. The third-order valence-corrected chi connectivity index (χ3v) is 6.02. The predicted octanol–water partition coefficient (Wildman–Crippen LogP) is 6.18. The van der Waals surface area contributed by atoms with E-state index in [0.29, 0.717) is 11.3 Å². The molecule has 1 heterocycles. The highest BCUT2D eigenvalue weighted by molar-refractivity contribution is 9.10. The van der Waals surface area contributed by atoms with Gasteiger partial charge in [-0.25, -0.2) is 0 Å². The Balaban J connectivity index is 1.81. The molecule has 0 saturated heterocycles. The Labute approximate surface area is 195 Å². The SMILES string of the molecule is COC(=O)C1(CC=C=Cc2cccc(Br)c2)C(=O)c2ccccc2OC1c1ccccc1. The number of fused-ring (bicyclic) bond motifs is 1. The van der Waals surface area contributed by atoms with Gasteiger partial charge in [0.05, 0.1) is 12.7 Å². The highest BCUT2D eigenvalue weighted by Gasteiger charge is 2.57. The molecule has 2 atom stereocenters. The molecule has 0 spiro atoms. The number of halogens is 1. The number of carbonyl (C=O) groups excluding carboxylic acids is 2. The zero-order valence-electron chi connectivity index (χ0n) is 17.5. The van der Waals surface area contributed by atoms with Crippen molar-refractivity contribution in [1.29, 1.82) is 0 Å². The number of ketones is 1. The van der Waals surface area contributed by atoms with Crippen molar-refractivity contribution in [2.75, 3.05) is 7.11 Å². The number of hydrogen-bond donors (Lipinski definition) is 0. The van der Waals surface area contributed by atoms with Crippen LogP contribution in [0.1, 0.15) is 34.0 Å². The number of methoxy groups -OCH3 is 1. The number of para-hydroxylation sites is 1. The lowest BCUT2D eigenvalue weighted by Gasteiger charge is -2.40. The van der Waals surface area contributed by atoms with Crippen LogP contribution in [0.25, 0.3) is 6.08 Å². The van der Waals surface area contributed by atoms with Gasteiger partial charge in [0.2, 0.25) is 0 Å². The van der Waals surface area contributed by atoms with Crippen molar-refractivity contribution in [3.63, 3.8) is 0 Å². The van der Waals surface area contributed by atoms with E-state index < -0.39 is 17.5 Å². The van der Waals surface area contributed by atoms with Crippen LogP contribution in [0.2, 0.25) is 0 Å². The molecule has 4 nitrogen and oxygen atoms in total. The summed E-state index contributed by atoms with van der Waals surface area (Å²) in [5.41, 5.74) is 3.58. The molecule has 2 unspecified atom stereocenters. The summed E-state index contributed by atoms with van der Waals surface area (Å²) < 4.78 is 12.4. The highest BCUT2D eigenvalue weighted by atomic mass is 79.9. The number of rotatable bonds is 5. The fourth-order valence-corrected chi connectivity index (χ4v) is 4.38. The lowest BCUT2D eigenvalue weighted by Crippen LogP contribution is -2.49. The second-order valence-corrected chi connectivity index (χ2v) is 8.39. The largest absolute Gasteiger partial charge is 0.483 e. The van der Waals surface area contributed by atoms with Crippen LogP contribution in [0.15, 0.2) is 95.1 Å². The van der Waals surface area contributed by atoms with Gasteiger partial charge in [0, 0.05) is 10.9 Å². The first-order valence-corrected chi connectivity index (χ1v) is 11.0. The summed E-state index contributed by atoms with van der Waals surface area (Å²) in [7, 11) is 1.29. The fraction of sp³-hybridized carbons (Fsp3) is 0.148. The first-order chi connectivity index (χ1) is 15.6. The van der Waals surface area contributed by atoms with E-state index in [9.17, 15) is 9.59 Å². The molecule has 0 aromatic heterocycles. The highest BCUT2D eigenvalue weighted by Crippen LogP contribution is 2.49. The van der Waals surface area contributed by atoms with Crippen LogP contribution < -0.4 is 4.74 Å². The van der Waals surface area contributed by atoms with Crippen molar-refractivity contribution in [3.05, 3.63) is 112 Å². The molecule has 1 aliphatic rings. The minimum Gasteiger partial charge on any atom is -0.483 e. The van der Waals surface area contributed by atoms with Crippen LogP contribution in [0.4, 0.5) is 0 Å². The topological polar surface area (TPSA) is 52.6 Å². The van der Waals surface area contributed by atoms with E-state index in [0.717, 1.165) is 15.6 Å². The summed E-state index contributed by atoms with van der Waals surface area (Å²) >= 11 is 3.45. The number of benzene rings is 3. The first-order valence-electron chi connectivity index (χ1n) is 10.2. The molecule has 0 bridgehead atoms. The van der Waals surface area contributed by atoms with Crippen LogP contribution in [0.5, 0.6) is 5.75 Å². The Bertz CT molecular complexity index is 1210. The van der Waals surface area contributed by atoms with Crippen LogP contribution in [-0.2, 0) is 9.53 Å². The minimum atomic E-state index is -1.57. The van der Waals surface area contributed by atoms with Gasteiger partial charge in [-0.05, 0) is 47.5 Å². The lowest BCUT2D eigenvalue weighted by molar-refractivity contribution is -0.155. The molecule has 3 aromatic rings. The fourth-order valence-electron chi connectivity index (χ4n) is 3.96. The molecular weight excluding hydrogens is 468 g/mol. The van der Waals surface area contributed by atoms with Gasteiger partial charge in [-0.3, -0.25) is 9.59 Å². The van der Waals surface area contributed by atoms with Crippen molar-refractivity contribution >= 4 is 33.8 Å². The average Bonchev–Trinajstić information content (AvgIpc) is 2.83. The summed E-state index contributed by atoms with van der Waals surface area (Å²) in [6.45, 7) is 0. The minimum absolute atomic E-state index is 0.0803. The molecule has 0 radical (unpaired) electrons. The second-order valence-electron chi connectivity index (χ2n) is 7.47. The van der Waals surface area contributed by atoms with Gasteiger partial charge < -0.3 is 9.47 Å². The Morgan fingerprint density at radius 1 is 1.09 bits per heavy atom. The third kappa shape index (κ3) is 4.05. The first kappa shape index (κ1) is 21.8. The molecule has 0 N–H and O–H groups in total. The Morgan fingerprint density at radius 2 is 1.84 bits per heavy atom. The second kappa shape index (κ2) is 9.39. The summed E-state index contributed by atoms with van der Waals surface area (Å²) in [6.07, 6.45) is 2.75. The van der Waals surface area contributed by atoms with Gasteiger partial charge in [-0.2, -0.15) is 0 Å². The average molecular weight is 489 g/mol. The molecule has 0 aliphatic carbocycles. The van der Waals surface area contributed by atoms with Crippen molar-refractivity contribution in [1.82, 2.24) is 0 Å². The standard InChI is InChI=1S/C27H21BrO4/c1-31-26(30)27(17-8-7-10-19-11-9-14-21(28)18-19)24(29)22-15-5-6-16-23(22)32-25(27)20-12-3-2-4-13-20/h2-6,8-16,18,25H,17H2,1H3. The van der Waals surface area contributed by atoms with Gasteiger partial charge in [-0.15, -0.1) is 5.73 Å². The number of carbonyl (C=O) groups is 2. The quantitative estimate of drug-likeness (QED) is 0.244. The summed E-state index contributed by atoms with van der Waals surface area (Å²) in [5.74, 6) is -0.494. The number of allylic oxidation sites excluding steroid dienone is 1. The van der Waals surface area contributed by atoms with E-state index in [1.54, 1.807) is 36.4 Å². The molecule has 3 aromatic carbocycles. The van der Waals surface area contributed by atoms with Crippen molar-refractivity contribution < 1.29 is 19.1 Å². The number of Topliss-reactive ketones (excluding diaryl/α,β-unsaturated/α-hetero) is 1. The van der Waals surface area contributed by atoms with E-state index in [-0.39, 0.29) is 12.2 Å². The van der Waals surface area contributed by atoms with Crippen LogP contribution >= 0.6 is 15.9 Å². The molecule has 0 amide bonds. The monoisotopic (exact) mass is 488 g/mol. The van der Waals surface area contributed by atoms with E-state index in [2.05, 4.69) is 21.7 Å². The van der Waals surface area contributed by atoms with Crippen molar-refractivity contribution in [2.24, 2.45) is 5.41 Å². The normalized spacial score (nSPS) is 19.2. The van der Waals surface area contributed by atoms with Crippen molar-refractivity contribution in [3.8, 4) is 5.75 Å². The molecular formula is C27H21BrO4. The van der Waals surface area contributed by atoms with Crippen LogP contribution in [0, 0.1) is 5.41 Å².